The molecule has 0 heteroatoms. The number of rotatable bonds is 4. The van der Waals surface area contributed by atoms with E-state index in [-0.39, 0.29) is 0 Å². The second-order valence-corrected chi connectivity index (χ2v) is 3.70. The third-order valence-corrected chi connectivity index (χ3v) is 2.42. The Morgan fingerprint density at radius 1 is 0.750 bits per heavy atom. The van der Waals surface area contributed by atoms with Crippen LogP contribution in [0.1, 0.15) is 11.1 Å². The Morgan fingerprint density at radius 2 is 1.38 bits per heavy atom. The molecule has 0 aliphatic rings. The zero-order valence-electron chi connectivity index (χ0n) is 9.21. The van der Waals surface area contributed by atoms with Crippen LogP contribution < -0.4 is 0 Å². The fourth-order valence-electron chi connectivity index (χ4n) is 1.56. The minimum Gasteiger partial charge on any atom is -0.0835 e. The van der Waals surface area contributed by atoms with Gasteiger partial charge in [-0.05, 0) is 17.5 Å². The molecule has 0 saturated carbocycles. The predicted octanol–water partition coefficient (Wildman–Crippen LogP) is 4.04. The molecule has 79 valence electrons. The second-order valence-electron chi connectivity index (χ2n) is 3.70. The lowest BCUT2D eigenvalue weighted by Crippen LogP contribution is -1.80. The van der Waals surface area contributed by atoms with E-state index in [2.05, 4.69) is 67.1 Å². The van der Waals surface area contributed by atoms with Crippen molar-refractivity contribution < 1.29 is 0 Å². The summed E-state index contributed by atoms with van der Waals surface area (Å²) < 4.78 is 0. The van der Waals surface area contributed by atoms with E-state index in [9.17, 15) is 0 Å². The monoisotopic (exact) mass is 207 g/mol. The molecule has 0 nitrogen and oxygen atoms in total. The summed E-state index contributed by atoms with van der Waals surface area (Å²) in [6.07, 6.45) is 7.41. The lowest BCUT2D eigenvalue weighted by molar-refractivity contribution is 1.26. The molecule has 2 rings (SSSR count). The molecule has 1 radical (unpaired) electrons. The average Bonchev–Trinajstić information content (AvgIpc) is 2.37. The van der Waals surface area contributed by atoms with Gasteiger partial charge in [-0.25, -0.2) is 0 Å². The Balaban J connectivity index is 1.83. The standard InChI is InChI=1S/C16H15/c1-3-9-15(10-4-1)13-7-8-14-16-11-5-2-6-12-16/h1-13H,14H2/b8-7+. The molecule has 0 aromatic heterocycles. The fourth-order valence-corrected chi connectivity index (χ4v) is 1.56. The first-order valence-corrected chi connectivity index (χ1v) is 5.54. The summed E-state index contributed by atoms with van der Waals surface area (Å²) >= 11 is 0. The van der Waals surface area contributed by atoms with Crippen molar-refractivity contribution in [2.75, 3.05) is 0 Å². The Bertz CT molecular complexity index is 383. The molecule has 0 N–H and O–H groups in total. The van der Waals surface area contributed by atoms with Crippen LogP contribution in [0.15, 0.2) is 72.8 Å². The van der Waals surface area contributed by atoms with Crippen molar-refractivity contribution in [1.82, 2.24) is 0 Å². The van der Waals surface area contributed by atoms with E-state index >= 15 is 0 Å². The van der Waals surface area contributed by atoms with Crippen LogP contribution in [0, 0.1) is 6.42 Å². The van der Waals surface area contributed by atoms with Crippen molar-refractivity contribution in [2.24, 2.45) is 0 Å². The number of allylic oxidation sites excluding steroid dienone is 2. The molecule has 0 amide bonds. The first-order valence-electron chi connectivity index (χ1n) is 5.54. The first kappa shape index (κ1) is 10.7. The highest BCUT2D eigenvalue weighted by molar-refractivity contribution is 5.28. The Hall–Kier alpha value is -1.82. The molecule has 2 aromatic rings. The molecule has 0 unspecified atom stereocenters. The summed E-state index contributed by atoms with van der Waals surface area (Å²) in [7, 11) is 0. The molecule has 0 bridgehead atoms. The maximum Gasteiger partial charge on any atom is 0.0122 e. The van der Waals surface area contributed by atoms with Crippen LogP contribution in [0.25, 0.3) is 0 Å². The average molecular weight is 207 g/mol. The first-order chi connectivity index (χ1) is 7.95. The largest absolute Gasteiger partial charge is 0.0835 e. The van der Waals surface area contributed by atoms with Gasteiger partial charge in [0.2, 0.25) is 0 Å². The van der Waals surface area contributed by atoms with Crippen molar-refractivity contribution in [1.29, 1.82) is 0 Å². The summed E-state index contributed by atoms with van der Waals surface area (Å²) in [5, 5.41) is 0. The summed E-state index contributed by atoms with van der Waals surface area (Å²) in [6.45, 7) is 0. The van der Waals surface area contributed by atoms with Gasteiger partial charge in [-0.3, -0.25) is 0 Å². The van der Waals surface area contributed by atoms with Crippen molar-refractivity contribution in [3.63, 3.8) is 0 Å². The minimum absolute atomic E-state index is 0.990. The minimum atomic E-state index is 0.990. The van der Waals surface area contributed by atoms with Crippen LogP contribution in [0.4, 0.5) is 0 Å². The summed E-state index contributed by atoms with van der Waals surface area (Å²) in [6, 6.07) is 20.8. The zero-order valence-corrected chi connectivity index (χ0v) is 9.21. The number of hydrogen-bond acceptors (Lipinski definition) is 0. The van der Waals surface area contributed by atoms with Gasteiger partial charge in [0.25, 0.3) is 0 Å². The van der Waals surface area contributed by atoms with Crippen LogP contribution in [0.5, 0.6) is 0 Å². The summed E-state index contributed by atoms with van der Waals surface area (Å²) in [4.78, 5) is 0. The number of benzene rings is 2. The predicted molar refractivity (Wildman–Crippen MR) is 69.1 cm³/mol. The molecule has 0 saturated heterocycles. The summed E-state index contributed by atoms with van der Waals surface area (Å²) in [5.74, 6) is 0. The smallest absolute Gasteiger partial charge is 0.0122 e. The van der Waals surface area contributed by atoms with Crippen molar-refractivity contribution >= 4 is 0 Å². The normalized spacial score (nSPS) is 10.8. The van der Waals surface area contributed by atoms with Gasteiger partial charge in [-0.1, -0.05) is 72.8 Å². The molecule has 0 heterocycles. The molecule has 0 fully saturated rings. The lowest BCUT2D eigenvalue weighted by atomic mass is 10.1. The van der Waals surface area contributed by atoms with Crippen molar-refractivity contribution in [3.05, 3.63) is 90.4 Å². The molecule has 0 aliphatic carbocycles. The Labute approximate surface area is 97.3 Å². The lowest BCUT2D eigenvalue weighted by Gasteiger charge is -1.95. The van der Waals surface area contributed by atoms with Crippen LogP contribution in [-0.2, 0) is 6.42 Å². The highest BCUT2D eigenvalue weighted by Gasteiger charge is 1.88. The van der Waals surface area contributed by atoms with E-state index in [1.165, 1.54) is 11.1 Å². The van der Waals surface area contributed by atoms with Crippen LogP contribution in [-0.4, -0.2) is 0 Å². The molecule has 0 aliphatic heterocycles. The molecule has 16 heavy (non-hydrogen) atoms. The maximum absolute atomic E-state index is 2.18. The van der Waals surface area contributed by atoms with E-state index in [4.69, 9.17) is 0 Å². The molecule has 2 aromatic carbocycles. The molecular weight excluding hydrogens is 192 g/mol. The fraction of sp³-hybridized carbons (Fsp3) is 0.0625. The SMILES string of the molecule is [CH](/C=C/Cc1ccccc1)c1ccccc1. The van der Waals surface area contributed by atoms with E-state index in [1.807, 2.05) is 12.1 Å². The van der Waals surface area contributed by atoms with Gasteiger partial charge in [0.05, 0.1) is 0 Å². The van der Waals surface area contributed by atoms with Crippen molar-refractivity contribution in [3.8, 4) is 0 Å². The third-order valence-electron chi connectivity index (χ3n) is 2.42. The van der Waals surface area contributed by atoms with E-state index < -0.39 is 0 Å². The topological polar surface area (TPSA) is 0 Å². The highest BCUT2D eigenvalue weighted by Crippen LogP contribution is 2.04. The number of hydrogen-bond donors (Lipinski definition) is 0. The maximum atomic E-state index is 2.18. The Morgan fingerprint density at radius 3 is 2.06 bits per heavy atom. The zero-order chi connectivity index (χ0) is 11.1. The quantitative estimate of drug-likeness (QED) is 0.709. The van der Waals surface area contributed by atoms with Gasteiger partial charge in [-0.15, -0.1) is 0 Å². The second kappa shape index (κ2) is 5.92. The molecule has 0 spiro atoms. The van der Waals surface area contributed by atoms with E-state index in [0.29, 0.717) is 0 Å². The Kier molecular flexibility index (Phi) is 3.95. The van der Waals surface area contributed by atoms with Gasteiger partial charge >= 0.3 is 0 Å². The van der Waals surface area contributed by atoms with Crippen LogP contribution in [0.3, 0.4) is 0 Å². The molecule has 0 atom stereocenters. The van der Waals surface area contributed by atoms with Crippen LogP contribution >= 0.6 is 0 Å². The van der Waals surface area contributed by atoms with Gasteiger partial charge in [0.1, 0.15) is 0 Å². The van der Waals surface area contributed by atoms with E-state index in [0.717, 1.165) is 6.42 Å². The summed E-state index contributed by atoms with van der Waals surface area (Å²) in [5.41, 5.74) is 2.59. The van der Waals surface area contributed by atoms with Crippen LogP contribution in [0.2, 0.25) is 0 Å². The van der Waals surface area contributed by atoms with Gasteiger partial charge in [0.15, 0.2) is 0 Å². The highest BCUT2D eigenvalue weighted by atomic mass is 13.9. The van der Waals surface area contributed by atoms with Gasteiger partial charge in [-0.2, -0.15) is 0 Å². The van der Waals surface area contributed by atoms with E-state index in [1.54, 1.807) is 0 Å². The third kappa shape index (κ3) is 3.39. The van der Waals surface area contributed by atoms with Crippen molar-refractivity contribution in [2.45, 2.75) is 6.42 Å². The molecular formula is C16H15. The van der Waals surface area contributed by atoms with Gasteiger partial charge < -0.3 is 0 Å². The van der Waals surface area contributed by atoms with Gasteiger partial charge in [0, 0.05) is 6.42 Å².